The highest BCUT2D eigenvalue weighted by Crippen LogP contribution is 2.32. The molecule has 1 heterocycles. The number of anilines is 3. The molecule has 98 valence electrons. The molecule has 0 aliphatic rings. The summed E-state index contributed by atoms with van der Waals surface area (Å²) in [5.74, 6) is 0.255. The summed E-state index contributed by atoms with van der Waals surface area (Å²) < 4.78 is 0. The van der Waals surface area contributed by atoms with Crippen LogP contribution < -0.4 is 11.1 Å². The van der Waals surface area contributed by atoms with Crippen LogP contribution in [0.3, 0.4) is 0 Å². The minimum atomic E-state index is -0.553. The lowest BCUT2D eigenvalue weighted by Gasteiger charge is -2.08. The average Bonchev–Trinajstić information content (AvgIpc) is 2.34. The minimum absolute atomic E-state index is 0.0369. The van der Waals surface area contributed by atoms with Gasteiger partial charge in [-0.05, 0) is 12.1 Å². The van der Waals surface area contributed by atoms with Crippen molar-refractivity contribution >= 4 is 46.2 Å². The summed E-state index contributed by atoms with van der Waals surface area (Å²) in [6, 6.07) is 7.42. The van der Waals surface area contributed by atoms with Crippen molar-refractivity contribution in [2.45, 2.75) is 0 Å². The molecule has 0 aliphatic heterocycles. The van der Waals surface area contributed by atoms with E-state index in [4.69, 9.17) is 28.9 Å². The van der Waals surface area contributed by atoms with Crippen molar-refractivity contribution < 1.29 is 4.92 Å². The van der Waals surface area contributed by atoms with Gasteiger partial charge in [-0.3, -0.25) is 10.1 Å². The molecule has 0 bridgehead atoms. The van der Waals surface area contributed by atoms with Gasteiger partial charge in [-0.1, -0.05) is 29.3 Å². The Kier molecular flexibility index (Phi) is 3.73. The van der Waals surface area contributed by atoms with Gasteiger partial charge in [0.1, 0.15) is 11.6 Å². The molecule has 1 aromatic heterocycles. The summed E-state index contributed by atoms with van der Waals surface area (Å²) in [7, 11) is 0. The number of rotatable bonds is 3. The molecule has 0 saturated heterocycles. The van der Waals surface area contributed by atoms with Crippen LogP contribution in [0.15, 0.2) is 30.3 Å². The van der Waals surface area contributed by atoms with E-state index in [0.717, 1.165) is 0 Å². The molecule has 0 aliphatic carbocycles. The van der Waals surface area contributed by atoms with E-state index in [9.17, 15) is 10.1 Å². The molecule has 8 heteroatoms. The fraction of sp³-hybridized carbons (Fsp3) is 0. The zero-order valence-corrected chi connectivity index (χ0v) is 10.9. The van der Waals surface area contributed by atoms with Crippen LogP contribution in [-0.4, -0.2) is 9.91 Å². The minimum Gasteiger partial charge on any atom is -0.383 e. The zero-order chi connectivity index (χ0) is 14.0. The quantitative estimate of drug-likeness (QED) is 0.666. The van der Waals surface area contributed by atoms with Gasteiger partial charge in [0.15, 0.2) is 0 Å². The number of pyridine rings is 1. The Morgan fingerprint density at radius 1 is 1.32 bits per heavy atom. The summed E-state index contributed by atoms with van der Waals surface area (Å²) >= 11 is 11.9. The van der Waals surface area contributed by atoms with Crippen LogP contribution in [0.2, 0.25) is 10.0 Å². The van der Waals surface area contributed by atoms with Gasteiger partial charge in [-0.15, -0.1) is 0 Å². The predicted molar refractivity (Wildman–Crippen MR) is 75.0 cm³/mol. The standard InChI is InChI=1S/C11H8Cl2N4O2/c12-7-2-1-3-8(11(7)13)15-10-5-6(17(18)19)4-9(14)16-10/h1-5H,(H3,14,15,16). The fourth-order valence-electron chi connectivity index (χ4n) is 1.44. The lowest BCUT2D eigenvalue weighted by atomic mass is 10.3. The van der Waals surface area contributed by atoms with Crippen molar-refractivity contribution in [1.29, 1.82) is 0 Å². The Bertz CT molecular complexity index is 649. The van der Waals surface area contributed by atoms with Crippen molar-refractivity contribution in [3.8, 4) is 0 Å². The maximum atomic E-state index is 10.7. The van der Waals surface area contributed by atoms with Crippen LogP contribution in [0.25, 0.3) is 0 Å². The molecule has 2 rings (SSSR count). The smallest absolute Gasteiger partial charge is 0.276 e. The lowest BCUT2D eigenvalue weighted by molar-refractivity contribution is -0.384. The van der Waals surface area contributed by atoms with E-state index in [1.54, 1.807) is 18.2 Å². The highest BCUT2D eigenvalue weighted by molar-refractivity contribution is 6.43. The number of hydrogen-bond acceptors (Lipinski definition) is 5. The Hall–Kier alpha value is -2.05. The van der Waals surface area contributed by atoms with E-state index >= 15 is 0 Å². The first kappa shape index (κ1) is 13.4. The molecule has 0 unspecified atom stereocenters. The molecular weight excluding hydrogens is 291 g/mol. The van der Waals surface area contributed by atoms with Crippen molar-refractivity contribution in [1.82, 2.24) is 4.98 Å². The van der Waals surface area contributed by atoms with Gasteiger partial charge in [0.2, 0.25) is 0 Å². The number of nitro groups is 1. The van der Waals surface area contributed by atoms with E-state index < -0.39 is 4.92 Å². The summed E-state index contributed by atoms with van der Waals surface area (Å²) in [6.07, 6.45) is 0. The number of halogens is 2. The molecule has 1 aromatic carbocycles. The molecule has 19 heavy (non-hydrogen) atoms. The number of aromatic nitrogens is 1. The van der Waals surface area contributed by atoms with Crippen LogP contribution in [-0.2, 0) is 0 Å². The molecule has 0 fully saturated rings. The second kappa shape index (κ2) is 5.29. The molecule has 6 nitrogen and oxygen atoms in total. The summed E-state index contributed by atoms with van der Waals surface area (Å²) in [6.45, 7) is 0. The normalized spacial score (nSPS) is 10.2. The summed E-state index contributed by atoms with van der Waals surface area (Å²) in [5.41, 5.74) is 5.83. The van der Waals surface area contributed by atoms with Crippen LogP contribution in [0, 0.1) is 10.1 Å². The van der Waals surface area contributed by atoms with Gasteiger partial charge in [0, 0.05) is 0 Å². The van der Waals surface area contributed by atoms with Gasteiger partial charge in [-0.25, -0.2) is 4.98 Å². The third kappa shape index (κ3) is 3.04. The number of nitrogens with one attached hydrogen (secondary N) is 1. The first-order valence-electron chi connectivity index (χ1n) is 5.10. The maximum Gasteiger partial charge on any atom is 0.276 e. The Morgan fingerprint density at radius 3 is 2.74 bits per heavy atom. The lowest BCUT2D eigenvalue weighted by Crippen LogP contribution is -2.00. The average molecular weight is 299 g/mol. The summed E-state index contributed by atoms with van der Waals surface area (Å²) in [4.78, 5) is 14.1. The molecule has 0 saturated carbocycles. The van der Waals surface area contributed by atoms with Gasteiger partial charge < -0.3 is 11.1 Å². The van der Waals surface area contributed by atoms with Gasteiger partial charge >= 0.3 is 0 Å². The van der Waals surface area contributed by atoms with Gasteiger partial charge in [0.05, 0.1) is 32.8 Å². The number of nitrogens with two attached hydrogens (primary N) is 1. The van der Waals surface area contributed by atoms with Crippen molar-refractivity contribution in [3.05, 3.63) is 50.5 Å². The van der Waals surface area contributed by atoms with Crippen molar-refractivity contribution in [3.63, 3.8) is 0 Å². The largest absolute Gasteiger partial charge is 0.383 e. The first-order valence-corrected chi connectivity index (χ1v) is 5.86. The Morgan fingerprint density at radius 2 is 2.05 bits per heavy atom. The molecule has 0 atom stereocenters. The predicted octanol–water partition coefficient (Wildman–Crippen LogP) is 3.62. The second-order valence-corrected chi connectivity index (χ2v) is 4.40. The van der Waals surface area contributed by atoms with Crippen LogP contribution in [0.4, 0.5) is 23.0 Å². The molecule has 0 amide bonds. The summed E-state index contributed by atoms with van der Waals surface area (Å²) in [5, 5.41) is 14.2. The zero-order valence-electron chi connectivity index (χ0n) is 9.43. The maximum absolute atomic E-state index is 10.7. The monoisotopic (exact) mass is 298 g/mol. The van der Waals surface area contributed by atoms with Crippen molar-refractivity contribution in [2.24, 2.45) is 0 Å². The number of hydrogen-bond donors (Lipinski definition) is 2. The number of benzene rings is 1. The highest BCUT2D eigenvalue weighted by atomic mass is 35.5. The third-order valence-corrected chi connectivity index (χ3v) is 3.07. The van der Waals surface area contributed by atoms with E-state index in [0.29, 0.717) is 15.7 Å². The highest BCUT2D eigenvalue weighted by Gasteiger charge is 2.11. The van der Waals surface area contributed by atoms with Crippen molar-refractivity contribution in [2.75, 3.05) is 11.1 Å². The van der Waals surface area contributed by atoms with Gasteiger partial charge in [0.25, 0.3) is 5.69 Å². The van der Waals surface area contributed by atoms with Crippen LogP contribution in [0.1, 0.15) is 0 Å². The number of nitrogens with zero attached hydrogens (tertiary/aromatic N) is 2. The Labute approximate surface area is 118 Å². The van der Waals surface area contributed by atoms with Crippen LogP contribution >= 0.6 is 23.2 Å². The molecule has 2 aromatic rings. The SMILES string of the molecule is Nc1cc([N+](=O)[O-])cc(Nc2cccc(Cl)c2Cl)n1. The molecule has 0 radical (unpaired) electrons. The van der Waals surface area contributed by atoms with E-state index in [2.05, 4.69) is 10.3 Å². The van der Waals surface area contributed by atoms with E-state index in [1.165, 1.54) is 12.1 Å². The molecule has 3 N–H and O–H groups in total. The third-order valence-electron chi connectivity index (χ3n) is 2.26. The van der Waals surface area contributed by atoms with Gasteiger partial charge in [-0.2, -0.15) is 0 Å². The fourth-order valence-corrected chi connectivity index (χ4v) is 1.79. The molecule has 0 spiro atoms. The topological polar surface area (TPSA) is 94.1 Å². The molecular formula is C11H8Cl2N4O2. The van der Waals surface area contributed by atoms with E-state index in [1.807, 2.05) is 0 Å². The first-order chi connectivity index (χ1) is 8.97. The van der Waals surface area contributed by atoms with Crippen LogP contribution in [0.5, 0.6) is 0 Å². The van der Waals surface area contributed by atoms with E-state index in [-0.39, 0.29) is 17.3 Å². The second-order valence-electron chi connectivity index (χ2n) is 3.62. The number of nitrogen functional groups attached to an aromatic ring is 1. The Balaban J connectivity index is 2.38.